The molecule has 2 unspecified atom stereocenters. The fraction of sp³-hybridized carbons (Fsp3) is 0.636. The van der Waals surface area contributed by atoms with Crippen molar-refractivity contribution in [1.82, 2.24) is 30.4 Å². The van der Waals surface area contributed by atoms with Crippen LogP contribution in [-0.4, -0.2) is 81.7 Å². The van der Waals surface area contributed by atoms with E-state index in [2.05, 4.69) is 20.6 Å². The SMILES string of the molecule is O=C1NCCCC1NC(=O)C1CN(C(=O)C2CCCCC2)CCN1C(=O)c1cnccn1. The second-order valence-corrected chi connectivity index (χ2v) is 8.72. The van der Waals surface area contributed by atoms with Gasteiger partial charge in [-0.2, -0.15) is 0 Å². The van der Waals surface area contributed by atoms with Gasteiger partial charge >= 0.3 is 0 Å². The Morgan fingerprint density at radius 2 is 1.84 bits per heavy atom. The standard InChI is InChI=1S/C22H30N6O4/c29-19-16(7-4-8-25-19)26-20(30)18-14-27(21(31)15-5-2-1-3-6-15)11-12-28(18)22(32)17-13-23-9-10-24-17/h9-10,13,15-16,18H,1-8,11-12,14H2,(H,25,29)(H,26,30). The molecule has 3 aliphatic rings. The van der Waals surface area contributed by atoms with E-state index in [-0.39, 0.29) is 36.5 Å². The second kappa shape index (κ2) is 10.1. The van der Waals surface area contributed by atoms with Crippen LogP contribution in [0.1, 0.15) is 55.4 Å². The molecule has 1 aliphatic carbocycles. The fourth-order valence-corrected chi connectivity index (χ4v) is 4.79. The predicted octanol–water partition coefficient (Wildman–Crippen LogP) is 0.105. The fourth-order valence-electron chi connectivity index (χ4n) is 4.79. The zero-order valence-electron chi connectivity index (χ0n) is 18.2. The number of aromatic nitrogens is 2. The summed E-state index contributed by atoms with van der Waals surface area (Å²) in [5.74, 6) is -1.01. The van der Waals surface area contributed by atoms with E-state index in [1.807, 2.05) is 0 Å². The van der Waals surface area contributed by atoms with Crippen molar-refractivity contribution in [3.8, 4) is 0 Å². The third-order valence-corrected chi connectivity index (χ3v) is 6.59. The third kappa shape index (κ3) is 4.89. The summed E-state index contributed by atoms with van der Waals surface area (Å²) in [6, 6.07) is -1.52. The van der Waals surface area contributed by atoms with E-state index < -0.39 is 23.9 Å². The van der Waals surface area contributed by atoms with Crippen LogP contribution >= 0.6 is 0 Å². The summed E-state index contributed by atoms with van der Waals surface area (Å²) in [5, 5.41) is 5.55. The number of carbonyl (C=O) groups is 4. The quantitative estimate of drug-likeness (QED) is 0.682. The molecule has 4 amide bonds. The van der Waals surface area contributed by atoms with Gasteiger partial charge in [-0.3, -0.25) is 24.2 Å². The molecule has 0 radical (unpaired) electrons. The average molecular weight is 443 g/mol. The Hall–Kier alpha value is -3.04. The first-order chi connectivity index (χ1) is 15.5. The van der Waals surface area contributed by atoms with E-state index in [1.165, 1.54) is 23.5 Å². The van der Waals surface area contributed by atoms with Crippen molar-refractivity contribution in [2.24, 2.45) is 5.92 Å². The minimum atomic E-state index is -0.888. The molecule has 4 rings (SSSR count). The second-order valence-electron chi connectivity index (χ2n) is 8.72. The summed E-state index contributed by atoms with van der Waals surface area (Å²) in [5.41, 5.74) is 0.146. The highest BCUT2D eigenvalue weighted by molar-refractivity contribution is 5.97. The Balaban J connectivity index is 1.51. The number of rotatable bonds is 4. The summed E-state index contributed by atoms with van der Waals surface area (Å²) in [4.78, 5) is 62.8. The minimum Gasteiger partial charge on any atom is -0.354 e. The first-order valence-corrected chi connectivity index (χ1v) is 11.5. The highest BCUT2D eigenvalue weighted by atomic mass is 16.2. The lowest BCUT2D eigenvalue weighted by atomic mass is 9.88. The van der Waals surface area contributed by atoms with E-state index in [4.69, 9.17) is 0 Å². The number of piperazine rings is 1. The summed E-state index contributed by atoms with van der Waals surface area (Å²) in [6.45, 7) is 1.30. The van der Waals surface area contributed by atoms with Gasteiger partial charge in [-0.25, -0.2) is 4.98 Å². The van der Waals surface area contributed by atoms with Gasteiger partial charge in [-0.1, -0.05) is 19.3 Å². The molecule has 2 saturated heterocycles. The van der Waals surface area contributed by atoms with Gasteiger partial charge in [-0.05, 0) is 25.7 Å². The summed E-state index contributed by atoms with van der Waals surface area (Å²) >= 11 is 0. The Bertz CT molecular complexity index is 857. The summed E-state index contributed by atoms with van der Waals surface area (Å²) in [6.07, 6.45) is 10.6. The zero-order valence-corrected chi connectivity index (χ0v) is 18.2. The Kier molecular flexibility index (Phi) is 6.96. The normalized spacial score (nSPS) is 24.6. The van der Waals surface area contributed by atoms with Crippen molar-refractivity contribution in [1.29, 1.82) is 0 Å². The van der Waals surface area contributed by atoms with Gasteiger partial charge in [0.1, 0.15) is 17.8 Å². The molecule has 0 spiro atoms. The van der Waals surface area contributed by atoms with Crippen molar-refractivity contribution in [3.05, 3.63) is 24.3 Å². The molecule has 3 heterocycles. The van der Waals surface area contributed by atoms with E-state index in [0.29, 0.717) is 19.5 Å². The Morgan fingerprint density at radius 3 is 2.56 bits per heavy atom. The largest absolute Gasteiger partial charge is 0.354 e. The molecule has 1 saturated carbocycles. The highest BCUT2D eigenvalue weighted by Gasteiger charge is 2.40. The topological polar surface area (TPSA) is 125 Å². The highest BCUT2D eigenvalue weighted by Crippen LogP contribution is 2.27. The van der Waals surface area contributed by atoms with Gasteiger partial charge in [-0.15, -0.1) is 0 Å². The predicted molar refractivity (Wildman–Crippen MR) is 114 cm³/mol. The maximum absolute atomic E-state index is 13.2. The molecular weight excluding hydrogens is 412 g/mol. The lowest BCUT2D eigenvalue weighted by Crippen LogP contribution is -2.64. The lowest BCUT2D eigenvalue weighted by Gasteiger charge is -2.42. The van der Waals surface area contributed by atoms with Crippen LogP contribution in [-0.2, 0) is 14.4 Å². The average Bonchev–Trinajstić information content (AvgIpc) is 2.85. The number of amides is 4. The summed E-state index contributed by atoms with van der Waals surface area (Å²) in [7, 11) is 0. The number of piperidine rings is 1. The number of nitrogens with one attached hydrogen (secondary N) is 2. The molecule has 172 valence electrons. The van der Waals surface area contributed by atoms with Gasteiger partial charge in [0, 0.05) is 37.9 Å². The molecule has 1 aromatic rings. The number of hydrogen-bond donors (Lipinski definition) is 2. The van der Waals surface area contributed by atoms with Gasteiger partial charge < -0.3 is 20.4 Å². The van der Waals surface area contributed by atoms with Crippen LogP contribution < -0.4 is 10.6 Å². The molecule has 3 fully saturated rings. The van der Waals surface area contributed by atoms with Crippen LogP contribution in [0, 0.1) is 5.92 Å². The van der Waals surface area contributed by atoms with Crippen molar-refractivity contribution < 1.29 is 19.2 Å². The van der Waals surface area contributed by atoms with Gasteiger partial charge in [0.15, 0.2) is 0 Å². The van der Waals surface area contributed by atoms with Crippen molar-refractivity contribution in [2.45, 2.75) is 57.0 Å². The first-order valence-electron chi connectivity index (χ1n) is 11.5. The lowest BCUT2D eigenvalue weighted by molar-refractivity contribution is -0.142. The molecule has 2 N–H and O–H groups in total. The molecule has 10 nitrogen and oxygen atoms in total. The van der Waals surface area contributed by atoms with Crippen LogP contribution in [0.2, 0.25) is 0 Å². The van der Waals surface area contributed by atoms with Crippen molar-refractivity contribution in [3.63, 3.8) is 0 Å². The van der Waals surface area contributed by atoms with E-state index in [1.54, 1.807) is 4.90 Å². The number of hydrogen-bond acceptors (Lipinski definition) is 6. The smallest absolute Gasteiger partial charge is 0.274 e. The zero-order chi connectivity index (χ0) is 22.5. The van der Waals surface area contributed by atoms with E-state index in [0.717, 1.165) is 38.5 Å². The van der Waals surface area contributed by atoms with Gasteiger partial charge in [0.05, 0.1) is 12.7 Å². The van der Waals surface area contributed by atoms with Crippen LogP contribution in [0.3, 0.4) is 0 Å². The van der Waals surface area contributed by atoms with Crippen molar-refractivity contribution >= 4 is 23.6 Å². The molecule has 1 aromatic heterocycles. The molecule has 0 aromatic carbocycles. The number of carbonyl (C=O) groups excluding carboxylic acids is 4. The van der Waals surface area contributed by atoms with E-state index in [9.17, 15) is 19.2 Å². The summed E-state index contributed by atoms with van der Waals surface area (Å²) < 4.78 is 0. The van der Waals surface area contributed by atoms with E-state index >= 15 is 0 Å². The third-order valence-electron chi connectivity index (χ3n) is 6.59. The molecule has 0 bridgehead atoms. The Morgan fingerprint density at radius 1 is 1.03 bits per heavy atom. The van der Waals surface area contributed by atoms with Crippen LogP contribution in [0.25, 0.3) is 0 Å². The molecule has 2 aliphatic heterocycles. The molecule has 32 heavy (non-hydrogen) atoms. The maximum atomic E-state index is 13.2. The molecule has 2 atom stereocenters. The van der Waals surface area contributed by atoms with Gasteiger partial charge in [0.25, 0.3) is 5.91 Å². The van der Waals surface area contributed by atoms with Crippen LogP contribution in [0.4, 0.5) is 0 Å². The van der Waals surface area contributed by atoms with Gasteiger partial charge in [0.2, 0.25) is 17.7 Å². The molecule has 10 heteroatoms. The van der Waals surface area contributed by atoms with Crippen molar-refractivity contribution in [2.75, 3.05) is 26.2 Å². The minimum absolute atomic E-state index is 0.0150. The van der Waals surface area contributed by atoms with Crippen LogP contribution in [0.5, 0.6) is 0 Å². The monoisotopic (exact) mass is 442 g/mol. The maximum Gasteiger partial charge on any atom is 0.274 e. The number of nitrogens with zero attached hydrogens (tertiary/aromatic N) is 4. The Labute approximate surface area is 187 Å². The van der Waals surface area contributed by atoms with Crippen LogP contribution in [0.15, 0.2) is 18.6 Å². The molecular formula is C22H30N6O4. The first kappa shape index (κ1) is 22.2.